The molecule has 11 aromatic carbocycles. The maximum Gasteiger partial charge on any atom is 0.0541 e. The van der Waals surface area contributed by atoms with Crippen molar-refractivity contribution in [2.24, 2.45) is 0 Å². The van der Waals surface area contributed by atoms with Gasteiger partial charge in [-0.1, -0.05) is 182 Å². The molecule has 13 aromatic rings. The highest BCUT2D eigenvalue weighted by Gasteiger charge is 2.18. The maximum absolute atomic E-state index is 2.40. The third-order valence-electron chi connectivity index (χ3n) is 13.2. The highest BCUT2D eigenvalue weighted by atomic mass is 32.1. The minimum Gasteiger partial charge on any atom is -0.310 e. The monoisotopic (exact) mass is 844 g/mol. The van der Waals surface area contributed by atoms with Gasteiger partial charge in [0.05, 0.1) is 11.0 Å². The summed E-state index contributed by atoms with van der Waals surface area (Å²) in [5, 5.41) is 10.3. The molecule has 65 heavy (non-hydrogen) atoms. The van der Waals surface area contributed by atoms with E-state index < -0.39 is 0 Å². The van der Waals surface area contributed by atoms with Crippen molar-refractivity contribution >= 4 is 91.9 Å². The van der Waals surface area contributed by atoms with E-state index in [0.29, 0.717) is 0 Å². The molecule has 0 saturated heterocycles. The number of hydrogen-bond donors (Lipinski definition) is 0. The van der Waals surface area contributed by atoms with Gasteiger partial charge >= 0.3 is 0 Å². The lowest BCUT2D eigenvalue weighted by molar-refractivity contribution is 1.18. The molecule has 0 N–H and O–H groups in total. The molecule has 0 atom stereocenters. The first-order valence-corrected chi connectivity index (χ1v) is 23.1. The topological polar surface area (TPSA) is 8.17 Å². The zero-order valence-electron chi connectivity index (χ0n) is 35.4. The van der Waals surface area contributed by atoms with Crippen molar-refractivity contribution in [2.45, 2.75) is 0 Å². The molecule has 0 radical (unpaired) electrons. The first-order chi connectivity index (χ1) is 32.2. The maximum atomic E-state index is 2.40. The molecule has 0 fully saturated rings. The fourth-order valence-electron chi connectivity index (χ4n) is 10.0. The summed E-state index contributed by atoms with van der Waals surface area (Å²) in [4.78, 5) is 2.40. The summed E-state index contributed by atoms with van der Waals surface area (Å²) < 4.78 is 5.01. The Morgan fingerprint density at radius 1 is 0.308 bits per heavy atom. The fourth-order valence-corrected chi connectivity index (χ4v) is 11.3. The summed E-state index contributed by atoms with van der Waals surface area (Å²) in [5.74, 6) is 0. The van der Waals surface area contributed by atoms with E-state index in [9.17, 15) is 0 Å². The van der Waals surface area contributed by atoms with Crippen molar-refractivity contribution in [1.82, 2.24) is 4.57 Å². The molecular weight excluding hydrogens is 805 g/mol. The van der Waals surface area contributed by atoms with E-state index in [1.807, 2.05) is 11.3 Å². The average molecular weight is 845 g/mol. The minimum absolute atomic E-state index is 1.10. The van der Waals surface area contributed by atoms with Crippen LogP contribution in [-0.4, -0.2) is 4.57 Å². The van der Waals surface area contributed by atoms with Gasteiger partial charge in [-0.15, -0.1) is 11.3 Å². The van der Waals surface area contributed by atoms with Gasteiger partial charge in [-0.05, 0) is 116 Å². The number of aromatic nitrogens is 1. The average Bonchev–Trinajstić information content (AvgIpc) is 3.93. The van der Waals surface area contributed by atoms with Crippen LogP contribution in [0.1, 0.15) is 0 Å². The van der Waals surface area contributed by atoms with E-state index in [-0.39, 0.29) is 0 Å². The Morgan fingerprint density at radius 2 is 0.815 bits per heavy atom. The van der Waals surface area contributed by atoms with Gasteiger partial charge in [0.2, 0.25) is 0 Å². The lowest BCUT2D eigenvalue weighted by Crippen LogP contribution is -2.09. The summed E-state index contributed by atoms with van der Waals surface area (Å²) in [5.41, 5.74) is 14.1. The van der Waals surface area contributed by atoms with Gasteiger partial charge in [-0.3, -0.25) is 0 Å². The van der Waals surface area contributed by atoms with E-state index in [2.05, 4.69) is 252 Å². The number of benzene rings is 11. The van der Waals surface area contributed by atoms with Crippen molar-refractivity contribution < 1.29 is 0 Å². The van der Waals surface area contributed by atoms with Gasteiger partial charge in [0.15, 0.2) is 0 Å². The van der Waals surface area contributed by atoms with Crippen LogP contribution in [0.4, 0.5) is 17.1 Å². The molecule has 2 aromatic heterocycles. The van der Waals surface area contributed by atoms with Gasteiger partial charge in [0, 0.05) is 53.7 Å². The predicted molar refractivity (Wildman–Crippen MR) is 280 cm³/mol. The molecule has 0 aliphatic rings. The van der Waals surface area contributed by atoms with E-state index in [0.717, 1.165) is 22.7 Å². The van der Waals surface area contributed by atoms with Crippen molar-refractivity contribution in [3.8, 4) is 39.1 Å². The third-order valence-corrected chi connectivity index (χ3v) is 14.4. The quantitative estimate of drug-likeness (QED) is 0.155. The van der Waals surface area contributed by atoms with Crippen LogP contribution in [0.25, 0.3) is 103 Å². The molecule has 0 unspecified atom stereocenters. The van der Waals surface area contributed by atoms with Crippen LogP contribution in [0.15, 0.2) is 243 Å². The minimum atomic E-state index is 1.10. The van der Waals surface area contributed by atoms with Crippen molar-refractivity contribution in [3.05, 3.63) is 243 Å². The van der Waals surface area contributed by atoms with E-state index in [1.165, 1.54) is 96.9 Å². The van der Waals surface area contributed by atoms with E-state index in [1.54, 1.807) is 0 Å². The molecule has 0 bridgehead atoms. The zero-order valence-corrected chi connectivity index (χ0v) is 36.2. The number of anilines is 3. The number of nitrogens with zero attached hydrogens (tertiary/aromatic N) is 2. The lowest BCUT2D eigenvalue weighted by Gasteiger charge is -2.26. The van der Waals surface area contributed by atoms with Crippen molar-refractivity contribution in [2.75, 3.05) is 4.90 Å². The number of para-hydroxylation sites is 2. The molecule has 0 spiro atoms. The molecule has 0 amide bonds. The summed E-state index contributed by atoms with van der Waals surface area (Å²) in [7, 11) is 0. The smallest absolute Gasteiger partial charge is 0.0541 e. The van der Waals surface area contributed by atoms with Crippen LogP contribution in [0.5, 0.6) is 0 Å². The number of fused-ring (bicyclic) bond motifs is 9. The molecule has 2 nitrogen and oxygen atoms in total. The van der Waals surface area contributed by atoms with Gasteiger partial charge in [0.1, 0.15) is 0 Å². The number of thiophene rings is 1. The number of hydrogen-bond acceptors (Lipinski definition) is 2. The Bertz CT molecular complexity index is 3870. The van der Waals surface area contributed by atoms with Gasteiger partial charge in [-0.25, -0.2) is 0 Å². The Hall–Kier alpha value is -8.24. The van der Waals surface area contributed by atoms with E-state index in [4.69, 9.17) is 0 Å². The Balaban J connectivity index is 0.882. The molecule has 304 valence electrons. The van der Waals surface area contributed by atoms with Crippen LogP contribution in [0, 0.1) is 0 Å². The Labute approximate surface area is 381 Å². The predicted octanol–water partition coefficient (Wildman–Crippen LogP) is 17.9. The largest absolute Gasteiger partial charge is 0.310 e. The molecule has 0 aliphatic heterocycles. The molecule has 0 aliphatic carbocycles. The lowest BCUT2D eigenvalue weighted by atomic mass is 9.96. The number of rotatable bonds is 7. The zero-order chi connectivity index (χ0) is 42.8. The fraction of sp³-hybridized carbons (Fsp3) is 0. The standard InChI is InChI=1S/C62H40N2S/c1-3-16-52-44(11-1)13-10-20-53(52)46-25-23-41(24-26-46)42-27-32-48(33-28-42)63(51-36-38-57-58-37-31-45-12-2-4-17-54(45)62(58)65-61(57)40-51)49-34-29-43(30-35-49)47-14-9-15-50(39-47)64-59-21-7-5-18-55(59)56-19-6-8-22-60(56)64/h1-40H. The second-order valence-electron chi connectivity index (χ2n) is 16.9. The van der Waals surface area contributed by atoms with Gasteiger partial charge in [-0.2, -0.15) is 0 Å². The van der Waals surface area contributed by atoms with Crippen LogP contribution in [0.2, 0.25) is 0 Å². The van der Waals surface area contributed by atoms with Crippen molar-refractivity contribution in [3.63, 3.8) is 0 Å². The van der Waals surface area contributed by atoms with Crippen LogP contribution >= 0.6 is 11.3 Å². The second-order valence-corrected chi connectivity index (χ2v) is 18.0. The van der Waals surface area contributed by atoms with Crippen LogP contribution < -0.4 is 4.90 Å². The van der Waals surface area contributed by atoms with Crippen molar-refractivity contribution in [1.29, 1.82) is 0 Å². The molecular formula is C62H40N2S. The Kier molecular flexibility index (Phi) is 8.75. The SMILES string of the molecule is c1cc(-c2ccc(N(c3ccc(-c4ccc(-c5cccc6ccccc56)cc4)cc3)c3ccc4c(c3)sc3c5ccccc5ccc43)cc2)cc(-n2c3ccccc3c3ccccc32)c1. The highest BCUT2D eigenvalue weighted by Crippen LogP contribution is 2.44. The molecule has 0 saturated carbocycles. The molecule has 13 rings (SSSR count). The highest BCUT2D eigenvalue weighted by molar-refractivity contribution is 7.26. The van der Waals surface area contributed by atoms with Gasteiger partial charge < -0.3 is 9.47 Å². The van der Waals surface area contributed by atoms with Crippen LogP contribution in [0.3, 0.4) is 0 Å². The van der Waals surface area contributed by atoms with Crippen LogP contribution in [-0.2, 0) is 0 Å². The summed E-state index contributed by atoms with van der Waals surface area (Å²) in [6.45, 7) is 0. The van der Waals surface area contributed by atoms with E-state index >= 15 is 0 Å². The first-order valence-electron chi connectivity index (χ1n) is 22.2. The molecule has 3 heteroatoms. The second kappa shape index (κ2) is 15.2. The molecule has 2 heterocycles. The van der Waals surface area contributed by atoms with Gasteiger partial charge in [0.25, 0.3) is 0 Å². The Morgan fingerprint density at radius 3 is 1.51 bits per heavy atom. The normalized spacial score (nSPS) is 11.7. The third kappa shape index (κ3) is 6.31. The summed E-state index contributed by atoms with van der Waals surface area (Å²) in [6.07, 6.45) is 0. The summed E-state index contributed by atoms with van der Waals surface area (Å²) in [6, 6.07) is 88.8. The summed E-state index contributed by atoms with van der Waals surface area (Å²) >= 11 is 1.89. The first kappa shape index (κ1) is 37.3.